The van der Waals surface area contributed by atoms with Crippen LogP contribution in [0.1, 0.15) is 78.7 Å². The largest absolute Gasteiger partial charge is 0.497 e. The number of likely N-dealkylation sites (tertiary alicyclic amines) is 2. The van der Waals surface area contributed by atoms with Crippen LogP contribution in [0, 0.1) is 5.92 Å². The van der Waals surface area contributed by atoms with Crippen LogP contribution in [0.3, 0.4) is 0 Å². The maximum absolute atomic E-state index is 13.7. The van der Waals surface area contributed by atoms with E-state index in [1.165, 1.54) is 0 Å². The van der Waals surface area contributed by atoms with Crippen LogP contribution in [-0.2, 0) is 6.54 Å². The number of amides is 2. The van der Waals surface area contributed by atoms with Crippen molar-refractivity contribution in [1.82, 2.24) is 14.4 Å². The first-order valence-corrected chi connectivity index (χ1v) is 12.9. The lowest BCUT2D eigenvalue weighted by Crippen LogP contribution is -2.46. The average Bonchev–Trinajstić information content (AvgIpc) is 2.89. The number of pyridine rings is 1. The minimum Gasteiger partial charge on any atom is -0.497 e. The van der Waals surface area contributed by atoms with Crippen molar-refractivity contribution >= 4 is 11.8 Å². The maximum atomic E-state index is 13.7. The van der Waals surface area contributed by atoms with Gasteiger partial charge in [-0.1, -0.05) is 26.0 Å². The number of carbonyl (C=O) groups is 2. The zero-order chi connectivity index (χ0) is 24.9. The third kappa shape index (κ3) is 5.60. The van der Waals surface area contributed by atoms with Crippen molar-refractivity contribution in [3.8, 4) is 5.75 Å². The van der Waals surface area contributed by atoms with E-state index in [1.54, 1.807) is 29.0 Å². The molecule has 188 valence electrons. The molecule has 1 aromatic heterocycles. The third-order valence-corrected chi connectivity index (χ3v) is 7.47. The highest BCUT2D eigenvalue weighted by Gasteiger charge is 2.31. The Morgan fingerprint density at radius 2 is 1.71 bits per heavy atom. The molecule has 7 heteroatoms. The van der Waals surface area contributed by atoms with Crippen molar-refractivity contribution in [2.24, 2.45) is 5.92 Å². The van der Waals surface area contributed by atoms with Crippen LogP contribution < -0.4 is 10.2 Å². The van der Waals surface area contributed by atoms with Gasteiger partial charge in [0.05, 0.1) is 7.11 Å². The molecule has 2 aromatic rings. The van der Waals surface area contributed by atoms with Gasteiger partial charge >= 0.3 is 0 Å². The lowest BCUT2D eigenvalue weighted by Gasteiger charge is -2.35. The first-order valence-electron chi connectivity index (χ1n) is 12.9. The van der Waals surface area contributed by atoms with E-state index >= 15 is 0 Å². The monoisotopic (exact) mass is 479 g/mol. The highest BCUT2D eigenvalue weighted by Crippen LogP contribution is 2.22. The van der Waals surface area contributed by atoms with Gasteiger partial charge in [0.15, 0.2) is 0 Å². The Bertz CT molecular complexity index is 1120. The summed E-state index contributed by atoms with van der Waals surface area (Å²) in [6, 6.07) is 7.80. The normalized spacial score (nSPS) is 19.0. The van der Waals surface area contributed by atoms with Crippen molar-refractivity contribution in [3.63, 3.8) is 0 Å². The number of rotatable bonds is 6. The fourth-order valence-electron chi connectivity index (χ4n) is 5.24. The van der Waals surface area contributed by atoms with E-state index in [-0.39, 0.29) is 29.0 Å². The van der Waals surface area contributed by atoms with Crippen molar-refractivity contribution in [2.75, 3.05) is 26.7 Å². The Morgan fingerprint density at radius 3 is 2.40 bits per heavy atom. The van der Waals surface area contributed by atoms with E-state index < -0.39 is 5.43 Å². The van der Waals surface area contributed by atoms with Gasteiger partial charge in [-0.15, -0.1) is 0 Å². The molecular formula is C28H37N3O4. The average molecular weight is 480 g/mol. The molecule has 0 radical (unpaired) electrons. The molecule has 7 nitrogen and oxygen atoms in total. The van der Waals surface area contributed by atoms with Gasteiger partial charge in [0.25, 0.3) is 11.8 Å². The minimum atomic E-state index is -0.457. The molecule has 0 unspecified atom stereocenters. The smallest absolute Gasteiger partial charge is 0.259 e. The van der Waals surface area contributed by atoms with Crippen molar-refractivity contribution in [1.29, 1.82) is 0 Å². The number of aromatic nitrogens is 1. The third-order valence-electron chi connectivity index (χ3n) is 7.47. The topological polar surface area (TPSA) is 71.8 Å². The highest BCUT2D eigenvalue weighted by molar-refractivity contribution is 5.99. The van der Waals surface area contributed by atoms with Gasteiger partial charge in [-0.25, -0.2) is 0 Å². The maximum Gasteiger partial charge on any atom is 0.259 e. The van der Waals surface area contributed by atoms with Crippen LogP contribution in [0.25, 0.3) is 0 Å². The molecule has 0 saturated carbocycles. The predicted octanol–water partition coefficient (Wildman–Crippen LogP) is 4.18. The van der Waals surface area contributed by atoms with E-state index in [0.717, 1.165) is 49.8 Å². The number of ether oxygens (including phenoxy) is 1. The molecule has 2 aliphatic heterocycles. The Kier molecular flexibility index (Phi) is 7.93. The molecule has 0 bridgehead atoms. The summed E-state index contributed by atoms with van der Waals surface area (Å²) in [7, 11) is 1.62. The Hall–Kier alpha value is -3.09. The van der Waals surface area contributed by atoms with Gasteiger partial charge in [-0.2, -0.15) is 0 Å². The molecule has 35 heavy (non-hydrogen) atoms. The van der Waals surface area contributed by atoms with E-state index in [0.29, 0.717) is 32.1 Å². The number of hydrogen-bond acceptors (Lipinski definition) is 4. The molecule has 0 N–H and O–H groups in total. The van der Waals surface area contributed by atoms with Crippen LogP contribution in [0.4, 0.5) is 0 Å². The van der Waals surface area contributed by atoms with Gasteiger partial charge in [-0.05, 0) is 62.1 Å². The Morgan fingerprint density at radius 1 is 1.00 bits per heavy atom. The fourth-order valence-corrected chi connectivity index (χ4v) is 5.24. The summed E-state index contributed by atoms with van der Waals surface area (Å²) in [6.07, 6.45) is 8.92. The Labute approximate surface area is 207 Å². The summed E-state index contributed by atoms with van der Waals surface area (Å²) in [6.45, 7) is 6.61. The van der Waals surface area contributed by atoms with Crippen LogP contribution >= 0.6 is 0 Å². The molecule has 3 heterocycles. The summed E-state index contributed by atoms with van der Waals surface area (Å²) < 4.78 is 7.15. The highest BCUT2D eigenvalue weighted by atomic mass is 16.5. The van der Waals surface area contributed by atoms with Crippen molar-refractivity contribution in [3.05, 3.63) is 63.6 Å². The standard InChI is InChI=1S/C28H37N3O4/c1-4-22-9-5-6-13-31(22)28(34)25-19-29(17-21-8-7-10-23(16-21)35-3)18-24(26(25)32)27(33)30-14-11-20(2)12-15-30/h7-8,10,16,18-20,22H,4-6,9,11-15,17H2,1-3H3/t22-/m0/s1. The SMILES string of the molecule is CC[C@H]1CCCCN1C(=O)c1cn(Cc2cccc(OC)c2)cc(C(=O)N2CCC(C)CC2)c1=O. The molecule has 2 fully saturated rings. The van der Waals surface area contributed by atoms with E-state index in [2.05, 4.69) is 13.8 Å². The molecular weight excluding hydrogens is 442 g/mol. The molecule has 2 aliphatic rings. The van der Waals surface area contributed by atoms with E-state index in [9.17, 15) is 14.4 Å². The molecule has 2 amide bonds. The fraction of sp³-hybridized carbons (Fsp3) is 0.536. The second-order valence-electron chi connectivity index (χ2n) is 9.97. The van der Waals surface area contributed by atoms with Gasteiger partial charge < -0.3 is 19.1 Å². The van der Waals surface area contributed by atoms with Crippen LogP contribution in [0.2, 0.25) is 0 Å². The predicted molar refractivity (Wildman–Crippen MR) is 136 cm³/mol. The van der Waals surface area contributed by atoms with Crippen LogP contribution in [-0.4, -0.2) is 59.0 Å². The lowest BCUT2D eigenvalue weighted by molar-refractivity contribution is 0.0605. The Balaban J connectivity index is 1.73. The molecule has 4 rings (SSSR count). The summed E-state index contributed by atoms with van der Waals surface area (Å²) in [4.78, 5) is 44.3. The molecule has 1 atom stereocenters. The second kappa shape index (κ2) is 11.1. The van der Waals surface area contributed by atoms with E-state index in [1.807, 2.05) is 29.2 Å². The van der Waals surface area contributed by atoms with Crippen molar-refractivity contribution < 1.29 is 14.3 Å². The zero-order valence-electron chi connectivity index (χ0n) is 21.2. The summed E-state index contributed by atoms with van der Waals surface area (Å²) >= 11 is 0. The van der Waals surface area contributed by atoms with Gasteiger partial charge in [0.1, 0.15) is 16.9 Å². The molecule has 0 spiro atoms. The number of benzene rings is 1. The number of carbonyl (C=O) groups excluding carboxylic acids is 2. The minimum absolute atomic E-state index is 0.0818. The first kappa shape index (κ1) is 25.0. The number of methoxy groups -OCH3 is 1. The lowest BCUT2D eigenvalue weighted by atomic mass is 9.98. The molecule has 0 aliphatic carbocycles. The number of nitrogens with zero attached hydrogens (tertiary/aromatic N) is 3. The van der Waals surface area contributed by atoms with Crippen LogP contribution in [0.5, 0.6) is 5.75 Å². The zero-order valence-corrected chi connectivity index (χ0v) is 21.2. The second-order valence-corrected chi connectivity index (χ2v) is 9.97. The van der Waals surface area contributed by atoms with Crippen molar-refractivity contribution in [2.45, 2.75) is 65.0 Å². The summed E-state index contributed by atoms with van der Waals surface area (Å²) in [5.41, 5.74) is 0.671. The van der Waals surface area contributed by atoms with Crippen LogP contribution in [0.15, 0.2) is 41.5 Å². The van der Waals surface area contributed by atoms with E-state index in [4.69, 9.17) is 4.74 Å². The molecule has 2 saturated heterocycles. The summed E-state index contributed by atoms with van der Waals surface area (Å²) in [5, 5.41) is 0. The molecule has 1 aromatic carbocycles. The van der Waals surface area contributed by atoms with Gasteiger partial charge in [-0.3, -0.25) is 14.4 Å². The van der Waals surface area contributed by atoms with Gasteiger partial charge in [0.2, 0.25) is 5.43 Å². The first-order chi connectivity index (χ1) is 16.9. The quantitative estimate of drug-likeness (QED) is 0.623. The van der Waals surface area contributed by atoms with Gasteiger partial charge in [0, 0.05) is 44.6 Å². The summed E-state index contributed by atoms with van der Waals surface area (Å²) in [5.74, 6) is 0.768. The number of hydrogen-bond donors (Lipinski definition) is 0. The number of piperidine rings is 2.